The van der Waals surface area contributed by atoms with Gasteiger partial charge in [0.05, 0.1) is 0 Å². The molecule has 2 heteroatoms. The van der Waals surface area contributed by atoms with Crippen molar-refractivity contribution in [3.63, 3.8) is 0 Å². The van der Waals surface area contributed by atoms with Crippen LogP contribution in [0.25, 0.3) is 0 Å². The summed E-state index contributed by atoms with van der Waals surface area (Å²) in [5, 5.41) is 0. The van der Waals surface area contributed by atoms with Crippen LogP contribution in [0.1, 0.15) is 37.5 Å². The highest BCUT2D eigenvalue weighted by Gasteiger charge is 2.14. The highest BCUT2D eigenvalue weighted by Crippen LogP contribution is 2.25. The van der Waals surface area contributed by atoms with Crippen molar-refractivity contribution in [2.75, 3.05) is 13.1 Å². The highest BCUT2D eigenvalue weighted by molar-refractivity contribution is 5.34. The lowest BCUT2D eigenvalue weighted by Crippen LogP contribution is -2.14. The van der Waals surface area contributed by atoms with Crippen molar-refractivity contribution >= 4 is 0 Å². The number of nitrogens with two attached hydrogens (primary N) is 2. The molecule has 0 aromatic heterocycles. The normalized spacial score (nSPS) is 11.8. The maximum Gasteiger partial charge on any atom is -0.00367 e. The van der Waals surface area contributed by atoms with E-state index in [1.807, 2.05) is 0 Å². The molecule has 0 fully saturated rings. The maximum absolute atomic E-state index is 5.62. The summed E-state index contributed by atoms with van der Waals surface area (Å²) in [6.45, 7) is 8.12. The van der Waals surface area contributed by atoms with Crippen molar-refractivity contribution in [1.29, 1.82) is 0 Å². The van der Waals surface area contributed by atoms with Crippen molar-refractivity contribution < 1.29 is 0 Å². The Morgan fingerprint density at radius 3 is 1.62 bits per heavy atom. The third kappa shape index (κ3) is 3.62. The van der Waals surface area contributed by atoms with Gasteiger partial charge in [0.25, 0.3) is 0 Å². The molecule has 1 aromatic rings. The molecule has 0 spiro atoms. The molecule has 0 aliphatic carbocycles. The first-order valence-corrected chi connectivity index (χ1v) is 6.01. The summed E-state index contributed by atoms with van der Waals surface area (Å²) in [5.41, 5.74) is 15.5. The summed E-state index contributed by atoms with van der Waals surface area (Å²) < 4.78 is 0. The Bertz CT molecular complexity index is 313. The van der Waals surface area contributed by atoms with Gasteiger partial charge in [-0.1, -0.05) is 39.0 Å². The molecule has 1 rings (SSSR count). The Morgan fingerprint density at radius 2 is 1.31 bits per heavy atom. The van der Waals surface area contributed by atoms with E-state index < -0.39 is 0 Å². The average molecular weight is 220 g/mol. The molecule has 0 amide bonds. The minimum Gasteiger partial charge on any atom is -0.330 e. The lowest BCUT2D eigenvalue weighted by Gasteiger charge is -2.21. The van der Waals surface area contributed by atoms with E-state index in [4.69, 9.17) is 11.5 Å². The second-order valence-electron chi connectivity index (χ2n) is 5.37. The van der Waals surface area contributed by atoms with Crippen LogP contribution in [0.15, 0.2) is 18.2 Å². The summed E-state index contributed by atoms with van der Waals surface area (Å²) in [7, 11) is 0. The first-order chi connectivity index (χ1) is 7.47. The number of benzene rings is 1. The van der Waals surface area contributed by atoms with Gasteiger partial charge in [0, 0.05) is 0 Å². The van der Waals surface area contributed by atoms with Gasteiger partial charge in [0.2, 0.25) is 0 Å². The number of rotatable bonds is 4. The Balaban J connectivity index is 3.08. The van der Waals surface area contributed by atoms with Crippen LogP contribution in [0, 0.1) is 0 Å². The highest BCUT2D eigenvalue weighted by atomic mass is 14.5. The quantitative estimate of drug-likeness (QED) is 0.815. The molecule has 0 unspecified atom stereocenters. The van der Waals surface area contributed by atoms with Crippen molar-refractivity contribution in [1.82, 2.24) is 0 Å². The number of hydrogen-bond donors (Lipinski definition) is 2. The van der Waals surface area contributed by atoms with Gasteiger partial charge in [-0.15, -0.1) is 0 Å². The molecule has 0 radical (unpaired) electrons. The molecule has 0 saturated heterocycles. The first-order valence-electron chi connectivity index (χ1n) is 6.01. The van der Waals surface area contributed by atoms with Gasteiger partial charge < -0.3 is 11.5 Å². The Kier molecular flexibility index (Phi) is 4.51. The Morgan fingerprint density at radius 1 is 0.875 bits per heavy atom. The molecule has 2 nitrogen and oxygen atoms in total. The van der Waals surface area contributed by atoms with Crippen LogP contribution in [0.5, 0.6) is 0 Å². The minimum atomic E-state index is 0.188. The Labute approximate surface area is 99.0 Å². The van der Waals surface area contributed by atoms with Crippen LogP contribution in [0.3, 0.4) is 0 Å². The van der Waals surface area contributed by atoms with Crippen LogP contribution >= 0.6 is 0 Å². The van der Waals surface area contributed by atoms with E-state index in [2.05, 4.69) is 39.0 Å². The zero-order valence-electron chi connectivity index (χ0n) is 10.7. The summed E-state index contributed by atoms with van der Waals surface area (Å²) in [6, 6.07) is 6.77. The molecule has 4 N–H and O–H groups in total. The van der Waals surface area contributed by atoms with Gasteiger partial charge in [0.1, 0.15) is 0 Å². The largest absolute Gasteiger partial charge is 0.330 e. The fraction of sp³-hybridized carbons (Fsp3) is 0.571. The first kappa shape index (κ1) is 13.2. The van der Waals surface area contributed by atoms with Crippen LogP contribution in [0.4, 0.5) is 0 Å². The van der Waals surface area contributed by atoms with E-state index in [-0.39, 0.29) is 5.41 Å². The van der Waals surface area contributed by atoms with Gasteiger partial charge in [-0.3, -0.25) is 0 Å². The van der Waals surface area contributed by atoms with Gasteiger partial charge >= 0.3 is 0 Å². The van der Waals surface area contributed by atoms with E-state index in [9.17, 15) is 0 Å². The molecule has 0 aliphatic rings. The topological polar surface area (TPSA) is 52.0 Å². The van der Waals surface area contributed by atoms with E-state index in [1.165, 1.54) is 16.7 Å². The standard InChI is InChI=1S/C14H24N2/c1-14(2,3)13-9-11(4-6-15)8-12(10-13)5-7-16/h8-10H,4-7,15-16H2,1-3H3. The molecule has 90 valence electrons. The summed E-state index contributed by atoms with van der Waals surface area (Å²) in [6.07, 6.45) is 1.89. The summed E-state index contributed by atoms with van der Waals surface area (Å²) in [4.78, 5) is 0. The SMILES string of the molecule is CC(C)(C)c1cc(CCN)cc(CCN)c1. The van der Waals surface area contributed by atoms with Gasteiger partial charge in [-0.25, -0.2) is 0 Å². The van der Waals surface area contributed by atoms with E-state index in [0.717, 1.165) is 12.8 Å². The maximum atomic E-state index is 5.62. The average Bonchev–Trinajstić information content (AvgIpc) is 2.17. The summed E-state index contributed by atoms with van der Waals surface area (Å²) >= 11 is 0. The molecule has 0 aliphatic heterocycles. The van der Waals surface area contributed by atoms with Gasteiger partial charge in [-0.2, -0.15) is 0 Å². The smallest absolute Gasteiger partial charge is 0.00367 e. The molecule has 0 heterocycles. The molecule has 0 bridgehead atoms. The minimum absolute atomic E-state index is 0.188. The van der Waals surface area contributed by atoms with E-state index >= 15 is 0 Å². The second kappa shape index (κ2) is 5.46. The fourth-order valence-electron chi connectivity index (χ4n) is 1.82. The third-order valence-electron chi connectivity index (χ3n) is 2.78. The van der Waals surface area contributed by atoms with Crippen molar-refractivity contribution in [3.05, 3.63) is 34.9 Å². The van der Waals surface area contributed by atoms with Gasteiger partial charge in [0.15, 0.2) is 0 Å². The molecular formula is C14H24N2. The second-order valence-corrected chi connectivity index (χ2v) is 5.37. The zero-order valence-corrected chi connectivity index (χ0v) is 10.7. The van der Waals surface area contributed by atoms with Crippen LogP contribution in [0.2, 0.25) is 0 Å². The van der Waals surface area contributed by atoms with Gasteiger partial charge in [-0.05, 0) is 48.0 Å². The molecule has 0 saturated carbocycles. The van der Waals surface area contributed by atoms with Crippen LogP contribution in [-0.4, -0.2) is 13.1 Å². The van der Waals surface area contributed by atoms with Crippen LogP contribution < -0.4 is 11.5 Å². The lowest BCUT2D eigenvalue weighted by molar-refractivity contribution is 0.588. The zero-order chi connectivity index (χ0) is 12.2. The van der Waals surface area contributed by atoms with Crippen molar-refractivity contribution in [2.24, 2.45) is 11.5 Å². The Hall–Kier alpha value is -0.860. The number of hydrogen-bond acceptors (Lipinski definition) is 2. The lowest BCUT2D eigenvalue weighted by atomic mass is 9.84. The molecule has 0 atom stereocenters. The molecule has 1 aromatic carbocycles. The third-order valence-corrected chi connectivity index (χ3v) is 2.78. The summed E-state index contributed by atoms with van der Waals surface area (Å²) in [5.74, 6) is 0. The van der Waals surface area contributed by atoms with Crippen molar-refractivity contribution in [3.8, 4) is 0 Å². The molecular weight excluding hydrogens is 196 g/mol. The van der Waals surface area contributed by atoms with E-state index in [1.54, 1.807) is 0 Å². The fourth-order valence-corrected chi connectivity index (χ4v) is 1.82. The van der Waals surface area contributed by atoms with E-state index in [0.29, 0.717) is 13.1 Å². The van der Waals surface area contributed by atoms with Crippen LogP contribution in [-0.2, 0) is 18.3 Å². The predicted octanol–water partition coefficient (Wildman–Crippen LogP) is 1.99. The predicted molar refractivity (Wildman–Crippen MR) is 70.7 cm³/mol. The molecule has 16 heavy (non-hydrogen) atoms. The van der Waals surface area contributed by atoms with Crippen molar-refractivity contribution in [2.45, 2.75) is 39.0 Å². The monoisotopic (exact) mass is 220 g/mol.